The van der Waals surface area contributed by atoms with Gasteiger partial charge in [-0.3, -0.25) is 19.2 Å². The molecular weight excluding hydrogens is 496 g/mol. The fraction of sp³-hybridized carbons (Fsp3) is 0.467. The Hall–Kier alpha value is -3.72. The molecule has 9 heteroatoms. The molecule has 0 saturated carbocycles. The van der Waals surface area contributed by atoms with E-state index < -0.39 is 30.1 Å². The van der Waals surface area contributed by atoms with E-state index >= 15 is 0 Å². The van der Waals surface area contributed by atoms with Crippen molar-refractivity contribution in [2.24, 2.45) is 11.7 Å². The number of nitrogens with two attached hydrogens (primary N) is 1. The molecule has 4 rings (SSSR count). The molecule has 0 bridgehead atoms. The maximum Gasteiger partial charge on any atom is 0.305 e. The Labute approximate surface area is 229 Å². The smallest absolute Gasteiger partial charge is 0.305 e. The molecule has 3 amide bonds. The molecule has 2 saturated heterocycles. The Morgan fingerprint density at radius 1 is 0.949 bits per heavy atom. The minimum Gasteiger partial charge on any atom is -0.481 e. The van der Waals surface area contributed by atoms with Crippen LogP contribution in [0.3, 0.4) is 0 Å². The van der Waals surface area contributed by atoms with Gasteiger partial charge in [0.15, 0.2) is 0 Å². The normalized spacial score (nSPS) is 22.4. The number of carboxylic acid groups (broad SMARTS) is 1. The highest BCUT2D eigenvalue weighted by Gasteiger charge is 2.44. The number of benzene rings is 2. The summed E-state index contributed by atoms with van der Waals surface area (Å²) in [6.45, 7) is 2.85. The molecular formula is C30H38N4O5. The summed E-state index contributed by atoms with van der Waals surface area (Å²) in [4.78, 5) is 55.2. The number of nitrogens with zero attached hydrogens (tertiary/aromatic N) is 2. The molecule has 0 radical (unpaired) electrons. The molecule has 0 aromatic heterocycles. The predicted octanol–water partition coefficient (Wildman–Crippen LogP) is 1.99. The number of amides is 3. The van der Waals surface area contributed by atoms with Crippen molar-refractivity contribution in [2.75, 3.05) is 13.1 Å². The molecule has 2 heterocycles. The molecule has 0 spiro atoms. The summed E-state index contributed by atoms with van der Waals surface area (Å²) < 4.78 is 0. The lowest BCUT2D eigenvalue weighted by Crippen LogP contribution is -2.56. The van der Waals surface area contributed by atoms with Crippen molar-refractivity contribution < 1.29 is 24.3 Å². The minimum absolute atomic E-state index is 0.0997. The number of carboxylic acids is 1. The highest BCUT2D eigenvalue weighted by molar-refractivity contribution is 5.94. The van der Waals surface area contributed by atoms with E-state index in [1.54, 1.807) is 9.80 Å². The van der Waals surface area contributed by atoms with E-state index in [9.17, 15) is 24.3 Å². The third-order valence-electron chi connectivity index (χ3n) is 7.62. The van der Waals surface area contributed by atoms with Gasteiger partial charge in [-0.15, -0.1) is 0 Å². The van der Waals surface area contributed by atoms with Crippen LogP contribution in [0.25, 0.3) is 0 Å². The topological polar surface area (TPSA) is 133 Å². The van der Waals surface area contributed by atoms with Crippen molar-refractivity contribution in [3.8, 4) is 0 Å². The lowest BCUT2D eigenvalue weighted by Gasteiger charge is -2.32. The first-order chi connectivity index (χ1) is 18.7. The molecule has 9 nitrogen and oxygen atoms in total. The van der Waals surface area contributed by atoms with Gasteiger partial charge in [0.1, 0.15) is 12.1 Å². The average Bonchev–Trinajstić information content (AvgIpc) is 3.56. The summed E-state index contributed by atoms with van der Waals surface area (Å²) in [6.07, 6.45) is 2.24. The summed E-state index contributed by atoms with van der Waals surface area (Å²) in [5.41, 5.74) is 8.15. The molecule has 0 aliphatic carbocycles. The van der Waals surface area contributed by atoms with Crippen LogP contribution in [0.15, 0.2) is 60.7 Å². The molecule has 208 valence electrons. The van der Waals surface area contributed by atoms with Crippen molar-refractivity contribution >= 4 is 23.7 Å². The Bertz CT molecular complexity index is 1160. The third kappa shape index (κ3) is 7.23. The number of aliphatic carboxylic acids is 1. The van der Waals surface area contributed by atoms with Crippen LogP contribution in [0.1, 0.15) is 43.7 Å². The van der Waals surface area contributed by atoms with Gasteiger partial charge in [-0.05, 0) is 49.1 Å². The van der Waals surface area contributed by atoms with E-state index in [0.717, 1.165) is 11.1 Å². The first kappa shape index (κ1) is 28.3. The van der Waals surface area contributed by atoms with Crippen LogP contribution in [0.2, 0.25) is 0 Å². The largest absolute Gasteiger partial charge is 0.481 e. The number of carbonyl (C=O) groups excluding carboxylic acids is 3. The number of nitrogens with one attached hydrogen (secondary N) is 1. The quantitative estimate of drug-likeness (QED) is 0.427. The van der Waals surface area contributed by atoms with E-state index in [-0.39, 0.29) is 30.1 Å². The first-order valence-corrected chi connectivity index (χ1v) is 13.7. The summed E-state index contributed by atoms with van der Waals surface area (Å²) in [5.74, 6) is -1.76. The Balaban J connectivity index is 1.44. The highest BCUT2D eigenvalue weighted by Crippen LogP contribution is 2.28. The second kappa shape index (κ2) is 12.9. The van der Waals surface area contributed by atoms with E-state index in [4.69, 9.17) is 5.73 Å². The lowest BCUT2D eigenvalue weighted by molar-refractivity contribution is -0.147. The second-order valence-corrected chi connectivity index (χ2v) is 10.8. The van der Waals surface area contributed by atoms with Crippen molar-refractivity contribution in [1.82, 2.24) is 15.1 Å². The fourth-order valence-electron chi connectivity index (χ4n) is 5.77. The molecule has 5 atom stereocenters. The van der Waals surface area contributed by atoms with Crippen LogP contribution < -0.4 is 11.1 Å². The van der Waals surface area contributed by atoms with Crippen LogP contribution in [-0.2, 0) is 32.0 Å². The van der Waals surface area contributed by atoms with E-state index in [0.29, 0.717) is 45.2 Å². The van der Waals surface area contributed by atoms with Crippen molar-refractivity contribution in [1.29, 1.82) is 0 Å². The number of carbonyl (C=O) groups is 4. The van der Waals surface area contributed by atoms with E-state index in [2.05, 4.69) is 5.32 Å². The molecule has 39 heavy (non-hydrogen) atoms. The first-order valence-electron chi connectivity index (χ1n) is 13.7. The molecule has 5 unspecified atom stereocenters. The second-order valence-electron chi connectivity index (χ2n) is 10.8. The van der Waals surface area contributed by atoms with Crippen molar-refractivity contribution in [3.63, 3.8) is 0 Å². The van der Waals surface area contributed by atoms with Gasteiger partial charge >= 0.3 is 5.97 Å². The van der Waals surface area contributed by atoms with Crippen molar-refractivity contribution in [2.45, 2.75) is 69.6 Å². The van der Waals surface area contributed by atoms with E-state index in [1.165, 1.54) is 0 Å². The average molecular weight is 535 g/mol. The molecule has 2 fully saturated rings. The van der Waals surface area contributed by atoms with Gasteiger partial charge in [0, 0.05) is 19.1 Å². The number of rotatable bonds is 10. The van der Waals surface area contributed by atoms with Gasteiger partial charge in [0.2, 0.25) is 17.7 Å². The Morgan fingerprint density at radius 3 is 2.18 bits per heavy atom. The predicted molar refractivity (Wildman–Crippen MR) is 146 cm³/mol. The van der Waals surface area contributed by atoms with E-state index in [1.807, 2.05) is 67.6 Å². The minimum atomic E-state index is -1.00. The Kier molecular flexibility index (Phi) is 9.35. The van der Waals surface area contributed by atoms with Crippen LogP contribution >= 0.6 is 0 Å². The zero-order valence-electron chi connectivity index (χ0n) is 22.4. The maximum atomic E-state index is 13.8. The number of likely N-dealkylation sites (tertiary alicyclic amines) is 2. The molecule has 4 N–H and O–H groups in total. The SMILES string of the molecule is CC1CC(C(=O)NC(CC(=O)O)Cc2ccccc2)N(C(=O)C2CCCN2C(=O)C(N)Cc2ccccc2)C1. The summed E-state index contributed by atoms with van der Waals surface area (Å²) in [7, 11) is 0. The van der Waals surface area contributed by atoms with Gasteiger partial charge in [0.25, 0.3) is 0 Å². The van der Waals surface area contributed by atoms with Crippen molar-refractivity contribution in [3.05, 3.63) is 71.8 Å². The zero-order chi connectivity index (χ0) is 27.9. The van der Waals surface area contributed by atoms with Crippen LogP contribution in [-0.4, -0.2) is 75.9 Å². The van der Waals surface area contributed by atoms with Gasteiger partial charge in [-0.2, -0.15) is 0 Å². The Morgan fingerprint density at radius 2 is 1.56 bits per heavy atom. The molecule has 2 aromatic rings. The number of hydrogen-bond donors (Lipinski definition) is 3. The summed E-state index contributed by atoms with van der Waals surface area (Å²) >= 11 is 0. The maximum absolute atomic E-state index is 13.8. The fourth-order valence-corrected chi connectivity index (χ4v) is 5.77. The van der Waals surface area contributed by atoms with Gasteiger partial charge in [0.05, 0.1) is 12.5 Å². The number of hydrogen-bond acceptors (Lipinski definition) is 5. The van der Waals surface area contributed by atoms with Crippen LogP contribution in [0.4, 0.5) is 0 Å². The molecule has 2 aliphatic rings. The monoisotopic (exact) mass is 534 g/mol. The summed E-state index contributed by atoms with van der Waals surface area (Å²) in [6, 6.07) is 16.2. The molecule has 2 aromatic carbocycles. The van der Waals surface area contributed by atoms with Crippen LogP contribution in [0.5, 0.6) is 0 Å². The van der Waals surface area contributed by atoms with Crippen LogP contribution in [0, 0.1) is 5.92 Å². The lowest BCUT2D eigenvalue weighted by atomic mass is 10.0. The summed E-state index contributed by atoms with van der Waals surface area (Å²) in [5, 5.41) is 12.3. The molecule has 2 aliphatic heterocycles. The van der Waals surface area contributed by atoms with Gasteiger partial charge in [-0.1, -0.05) is 67.6 Å². The highest BCUT2D eigenvalue weighted by atomic mass is 16.4. The van der Waals surface area contributed by atoms with Gasteiger partial charge < -0.3 is 26.0 Å². The third-order valence-corrected chi connectivity index (χ3v) is 7.62. The van der Waals surface area contributed by atoms with Gasteiger partial charge in [-0.25, -0.2) is 0 Å². The standard InChI is InChI=1S/C30H38N4O5/c1-20-15-26(28(37)32-23(18-27(35)36)16-21-9-4-2-5-10-21)34(19-20)30(39)25-13-8-14-33(25)29(38)24(31)17-22-11-6-3-7-12-22/h2-7,9-12,20,23-26H,8,13-19,31H2,1H3,(H,32,37)(H,35,36). The zero-order valence-corrected chi connectivity index (χ0v) is 22.4.